The number of fused-ring (bicyclic) bond motifs is 4. The van der Waals surface area contributed by atoms with Gasteiger partial charge in [0, 0.05) is 48.3 Å². The van der Waals surface area contributed by atoms with E-state index in [-0.39, 0.29) is 29.5 Å². The molecule has 2 amide bonds. The molecule has 13 heteroatoms. The molecule has 2 aliphatic rings. The fourth-order valence-electron chi connectivity index (χ4n) is 7.06. The van der Waals surface area contributed by atoms with Crippen molar-refractivity contribution in [3.63, 3.8) is 0 Å². The molecule has 0 spiro atoms. The van der Waals surface area contributed by atoms with Crippen LogP contribution in [0.15, 0.2) is 78.4 Å². The maximum atomic E-state index is 14.0. The zero-order valence-electron chi connectivity index (χ0n) is 26.5. The monoisotopic (exact) mass is 718 g/mol. The number of carbonyl (C=O) groups is 2. The molecule has 2 aliphatic heterocycles. The summed E-state index contributed by atoms with van der Waals surface area (Å²) in [7, 11) is 0. The lowest BCUT2D eigenvalue weighted by molar-refractivity contribution is 0.0646. The molecule has 0 radical (unpaired) electrons. The van der Waals surface area contributed by atoms with Crippen molar-refractivity contribution in [2.75, 3.05) is 13.1 Å². The molecular formula is C37H28Cl2N8O2S. The lowest BCUT2D eigenvalue weighted by atomic mass is 9.91. The number of aromatic nitrogens is 6. The van der Waals surface area contributed by atoms with E-state index in [2.05, 4.69) is 48.1 Å². The van der Waals surface area contributed by atoms with Crippen LogP contribution in [-0.2, 0) is 25.8 Å². The van der Waals surface area contributed by atoms with E-state index in [0.29, 0.717) is 59.1 Å². The van der Waals surface area contributed by atoms with Gasteiger partial charge in [0.1, 0.15) is 11.0 Å². The van der Waals surface area contributed by atoms with Gasteiger partial charge in [-0.2, -0.15) is 0 Å². The van der Waals surface area contributed by atoms with E-state index in [4.69, 9.17) is 23.2 Å². The van der Waals surface area contributed by atoms with E-state index in [0.717, 1.165) is 50.5 Å². The highest BCUT2D eigenvalue weighted by Crippen LogP contribution is 2.36. The van der Waals surface area contributed by atoms with Crippen LogP contribution in [0, 0.1) is 0 Å². The fraction of sp³-hybridized carbons (Fsp3) is 0.189. The van der Waals surface area contributed by atoms with Crippen molar-refractivity contribution < 1.29 is 9.59 Å². The number of nitrogens with one attached hydrogen (secondary N) is 2. The number of rotatable bonds is 5. The normalized spacial score (nSPS) is 15.8. The van der Waals surface area contributed by atoms with Crippen LogP contribution >= 0.6 is 34.5 Å². The van der Waals surface area contributed by atoms with Gasteiger partial charge in [-0.15, -0.1) is 11.3 Å². The third-order valence-electron chi connectivity index (χ3n) is 9.63. The summed E-state index contributed by atoms with van der Waals surface area (Å²) in [6.07, 6.45) is 3.78. The molecular weight excluding hydrogens is 691 g/mol. The van der Waals surface area contributed by atoms with Gasteiger partial charge < -0.3 is 19.8 Å². The van der Waals surface area contributed by atoms with E-state index in [9.17, 15) is 9.59 Å². The second kappa shape index (κ2) is 12.3. The topological polar surface area (TPSA) is 124 Å². The number of nitrogens with zero attached hydrogens (tertiary/aromatic N) is 6. The Morgan fingerprint density at radius 3 is 2.44 bits per heavy atom. The number of imidazole rings is 2. The highest BCUT2D eigenvalue weighted by Gasteiger charge is 2.34. The van der Waals surface area contributed by atoms with Gasteiger partial charge >= 0.3 is 0 Å². The fourth-order valence-corrected chi connectivity index (χ4v) is 8.42. The van der Waals surface area contributed by atoms with E-state index in [1.165, 1.54) is 0 Å². The zero-order chi connectivity index (χ0) is 33.9. The first-order chi connectivity index (χ1) is 24.4. The van der Waals surface area contributed by atoms with Crippen LogP contribution in [0.25, 0.3) is 33.2 Å². The molecule has 0 bridgehead atoms. The SMILES string of the molecule is O=C(c1nc2c(Cl)c(-c3ccc(CC4c5cccnc5CCN4C(=O)c4nc5c(Cl)cccc5[nH]4)cc3)ccc2[nH]1)N1CCc2ncsc2C1. The summed E-state index contributed by atoms with van der Waals surface area (Å²) < 4.78 is 0. The van der Waals surface area contributed by atoms with E-state index < -0.39 is 0 Å². The first-order valence-corrected chi connectivity index (χ1v) is 17.9. The van der Waals surface area contributed by atoms with Crippen molar-refractivity contribution in [3.8, 4) is 11.1 Å². The average Bonchev–Trinajstić information content (AvgIpc) is 3.91. The number of benzene rings is 3. The number of para-hydroxylation sites is 1. The number of halogens is 2. The molecule has 9 rings (SSSR count). The van der Waals surface area contributed by atoms with Crippen molar-refractivity contribution >= 4 is 68.4 Å². The van der Waals surface area contributed by atoms with Crippen LogP contribution in [0.3, 0.4) is 0 Å². The molecule has 4 aromatic heterocycles. The van der Waals surface area contributed by atoms with Crippen LogP contribution < -0.4 is 0 Å². The number of pyridine rings is 1. The Morgan fingerprint density at radius 1 is 0.820 bits per heavy atom. The molecule has 3 aromatic carbocycles. The molecule has 6 heterocycles. The van der Waals surface area contributed by atoms with Gasteiger partial charge in [0.15, 0.2) is 11.6 Å². The number of amides is 2. The van der Waals surface area contributed by atoms with E-state index in [1.807, 2.05) is 52.9 Å². The Hall–Kier alpha value is -5.10. The minimum Gasteiger partial charge on any atom is -0.334 e. The quantitative estimate of drug-likeness (QED) is 0.191. The molecule has 50 heavy (non-hydrogen) atoms. The number of hydrogen-bond donors (Lipinski definition) is 2. The Balaban J connectivity index is 0.977. The van der Waals surface area contributed by atoms with Crippen molar-refractivity contribution in [3.05, 3.63) is 128 Å². The van der Waals surface area contributed by atoms with Crippen LogP contribution in [0.4, 0.5) is 0 Å². The highest BCUT2D eigenvalue weighted by atomic mass is 35.5. The lowest BCUT2D eigenvalue weighted by Crippen LogP contribution is -2.41. The smallest absolute Gasteiger partial charge is 0.290 e. The van der Waals surface area contributed by atoms with Crippen LogP contribution in [-0.4, -0.2) is 64.6 Å². The lowest BCUT2D eigenvalue weighted by Gasteiger charge is -2.36. The summed E-state index contributed by atoms with van der Waals surface area (Å²) in [5, 5.41) is 0.972. The van der Waals surface area contributed by atoms with Gasteiger partial charge in [-0.05, 0) is 47.4 Å². The third-order valence-corrected chi connectivity index (χ3v) is 11.2. The van der Waals surface area contributed by atoms with Crippen molar-refractivity contribution in [1.82, 2.24) is 39.7 Å². The summed E-state index contributed by atoms with van der Waals surface area (Å²) in [6.45, 7) is 1.65. The van der Waals surface area contributed by atoms with E-state index >= 15 is 0 Å². The molecule has 1 atom stereocenters. The van der Waals surface area contributed by atoms with Crippen LogP contribution in [0.1, 0.15) is 54.7 Å². The molecule has 0 aliphatic carbocycles. The number of thiazole rings is 1. The average molecular weight is 720 g/mol. The third kappa shape index (κ3) is 5.33. The van der Waals surface area contributed by atoms with Crippen LogP contribution in [0.2, 0.25) is 10.0 Å². The van der Waals surface area contributed by atoms with Crippen LogP contribution in [0.5, 0.6) is 0 Å². The number of carbonyl (C=O) groups excluding carboxylic acids is 2. The Labute approximate surface area is 300 Å². The number of H-pyrrole nitrogens is 2. The maximum Gasteiger partial charge on any atom is 0.290 e. The minimum atomic E-state index is -0.239. The second-order valence-electron chi connectivity index (χ2n) is 12.5. The number of aromatic amines is 2. The molecule has 2 N–H and O–H groups in total. The van der Waals surface area contributed by atoms with E-state index in [1.54, 1.807) is 28.5 Å². The van der Waals surface area contributed by atoms with Gasteiger partial charge in [0.25, 0.3) is 11.8 Å². The van der Waals surface area contributed by atoms with Gasteiger partial charge in [-0.1, -0.05) is 65.7 Å². The first kappa shape index (κ1) is 30.9. The van der Waals surface area contributed by atoms with Gasteiger partial charge in [-0.25, -0.2) is 15.0 Å². The van der Waals surface area contributed by atoms with Crippen molar-refractivity contribution in [2.24, 2.45) is 0 Å². The molecule has 0 saturated heterocycles. The molecule has 10 nitrogen and oxygen atoms in total. The summed E-state index contributed by atoms with van der Waals surface area (Å²) in [5.74, 6) is 0.200. The standard InChI is InChI=1S/C37H28Cl2N8O2S/c38-24-4-1-5-27-32(24)44-35(42-27)37(49)47-16-13-25-23(3-2-14-40-25)29(47)17-20-6-8-21(9-7-20)22-10-11-28-33(31(22)39)45-34(43-28)36(48)46-15-12-26-30(18-46)50-19-41-26/h1-11,14,19,29H,12-13,15-18H2,(H,42,44)(H,43,45). The van der Waals surface area contributed by atoms with Crippen molar-refractivity contribution in [1.29, 1.82) is 0 Å². The van der Waals surface area contributed by atoms with Gasteiger partial charge in [0.05, 0.1) is 44.9 Å². The Bertz CT molecular complexity index is 2450. The zero-order valence-corrected chi connectivity index (χ0v) is 28.8. The molecule has 248 valence electrons. The summed E-state index contributed by atoms with van der Waals surface area (Å²) >= 11 is 14.9. The molecule has 1 unspecified atom stereocenters. The highest BCUT2D eigenvalue weighted by molar-refractivity contribution is 7.09. The molecule has 0 saturated carbocycles. The van der Waals surface area contributed by atoms with Gasteiger partial charge in [0.2, 0.25) is 0 Å². The predicted molar refractivity (Wildman–Crippen MR) is 194 cm³/mol. The summed E-state index contributed by atoms with van der Waals surface area (Å²) in [4.78, 5) is 56.7. The summed E-state index contributed by atoms with van der Waals surface area (Å²) in [6, 6.07) is 21.2. The first-order valence-electron chi connectivity index (χ1n) is 16.3. The molecule has 7 aromatic rings. The minimum absolute atomic E-state index is 0.154. The Kier molecular flexibility index (Phi) is 7.63. The second-order valence-corrected chi connectivity index (χ2v) is 14.3. The van der Waals surface area contributed by atoms with Crippen molar-refractivity contribution in [2.45, 2.75) is 31.8 Å². The summed E-state index contributed by atoms with van der Waals surface area (Å²) in [5.41, 5.74) is 10.3. The molecule has 0 fully saturated rings. The largest absolute Gasteiger partial charge is 0.334 e. The van der Waals surface area contributed by atoms with Gasteiger partial charge in [-0.3, -0.25) is 14.6 Å². The Morgan fingerprint density at radius 2 is 1.60 bits per heavy atom. The maximum absolute atomic E-state index is 14.0. The predicted octanol–water partition coefficient (Wildman–Crippen LogP) is 7.45. The number of hydrogen-bond acceptors (Lipinski definition) is 7.